The Morgan fingerprint density at radius 2 is 1.60 bits per heavy atom. The van der Waals surface area contributed by atoms with E-state index in [1.807, 2.05) is 30.3 Å². The predicted octanol–water partition coefficient (Wildman–Crippen LogP) is 5.06. The zero-order valence-electron chi connectivity index (χ0n) is 28.8. The number of amides is 6. The number of hydrogen-bond donors (Lipinski definition) is 3. The molecular formula is C38H38Cl2N6O7. The van der Waals surface area contributed by atoms with Crippen molar-refractivity contribution in [2.75, 3.05) is 19.7 Å². The van der Waals surface area contributed by atoms with Crippen molar-refractivity contribution in [3.05, 3.63) is 93.1 Å². The molecule has 3 heterocycles. The maximum Gasteiger partial charge on any atom is 0.272 e. The van der Waals surface area contributed by atoms with Gasteiger partial charge in [-0.25, -0.2) is 0 Å². The van der Waals surface area contributed by atoms with E-state index in [4.69, 9.17) is 27.9 Å². The molecule has 1 atom stereocenters. The fourth-order valence-electron chi connectivity index (χ4n) is 6.50. The Kier molecular flexibility index (Phi) is 12.1. The van der Waals surface area contributed by atoms with Crippen molar-refractivity contribution < 1.29 is 33.5 Å². The summed E-state index contributed by atoms with van der Waals surface area (Å²) in [5, 5.41) is 14.4. The fourth-order valence-corrected chi connectivity index (χ4v) is 6.96. The van der Waals surface area contributed by atoms with Gasteiger partial charge >= 0.3 is 0 Å². The van der Waals surface area contributed by atoms with E-state index < -0.39 is 29.7 Å². The van der Waals surface area contributed by atoms with E-state index in [9.17, 15) is 28.8 Å². The largest absolute Gasteiger partial charge is 0.483 e. The van der Waals surface area contributed by atoms with E-state index >= 15 is 0 Å². The molecule has 53 heavy (non-hydrogen) atoms. The molecule has 0 radical (unpaired) electrons. The third-order valence-electron chi connectivity index (χ3n) is 9.21. The lowest BCUT2D eigenvalue weighted by atomic mass is 10.0. The first-order valence-corrected chi connectivity index (χ1v) is 18.3. The van der Waals surface area contributed by atoms with Crippen molar-refractivity contribution in [2.45, 2.75) is 64.0 Å². The Morgan fingerprint density at radius 3 is 2.36 bits per heavy atom. The number of aromatic nitrogens is 2. The van der Waals surface area contributed by atoms with Crippen molar-refractivity contribution in [3.63, 3.8) is 0 Å². The van der Waals surface area contributed by atoms with Gasteiger partial charge in [0.1, 0.15) is 11.8 Å². The number of unbranched alkanes of at least 4 members (excludes halogenated alkanes) is 5. The molecule has 0 aliphatic carbocycles. The van der Waals surface area contributed by atoms with E-state index in [1.165, 1.54) is 18.2 Å². The molecule has 15 heteroatoms. The first-order chi connectivity index (χ1) is 25.6. The zero-order valence-corrected chi connectivity index (χ0v) is 30.3. The highest BCUT2D eigenvalue weighted by Crippen LogP contribution is 2.33. The van der Waals surface area contributed by atoms with Crippen LogP contribution in [-0.4, -0.2) is 75.9 Å². The predicted molar refractivity (Wildman–Crippen MR) is 197 cm³/mol. The number of halogens is 2. The normalized spacial score (nSPS) is 15.4. The summed E-state index contributed by atoms with van der Waals surface area (Å²) in [6.07, 6.45) is 5.46. The average Bonchev–Trinajstić information content (AvgIpc) is 3.63. The molecule has 276 valence electrons. The fraction of sp³-hybridized carbons (Fsp3) is 0.342. The highest BCUT2D eigenvalue weighted by molar-refractivity contribution is 6.35. The van der Waals surface area contributed by atoms with Crippen LogP contribution in [0.5, 0.6) is 5.75 Å². The van der Waals surface area contributed by atoms with Crippen LogP contribution in [0.25, 0.3) is 10.9 Å². The summed E-state index contributed by atoms with van der Waals surface area (Å²) >= 11 is 12.4. The lowest BCUT2D eigenvalue weighted by Gasteiger charge is -2.27. The number of benzene rings is 3. The highest BCUT2D eigenvalue weighted by Gasteiger charge is 2.46. The molecule has 1 saturated heterocycles. The number of para-hydroxylation sites is 1. The number of carbonyl (C=O) groups is 6. The number of hydrogen-bond acceptors (Lipinski definition) is 8. The Bertz CT molecular complexity index is 2080. The van der Waals surface area contributed by atoms with Gasteiger partial charge in [-0.05, 0) is 55.2 Å². The van der Waals surface area contributed by atoms with Gasteiger partial charge in [-0.15, -0.1) is 0 Å². The molecule has 2 aliphatic heterocycles. The van der Waals surface area contributed by atoms with Crippen LogP contribution in [0.4, 0.5) is 0 Å². The van der Waals surface area contributed by atoms with E-state index in [0.29, 0.717) is 35.4 Å². The molecule has 0 saturated carbocycles. The number of ether oxygens (including phenoxy) is 1. The van der Waals surface area contributed by atoms with Gasteiger partial charge < -0.3 is 15.4 Å². The number of nitrogens with zero attached hydrogens (tertiary/aromatic N) is 3. The van der Waals surface area contributed by atoms with Gasteiger partial charge in [-0.2, -0.15) is 5.10 Å². The lowest BCUT2D eigenvalue weighted by Crippen LogP contribution is -2.54. The van der Waals surface area contributed by atoms with Crippen LogP contribution < -0.4 is 20.7 Å². The smallest absolute Gasteiger partial charge is 0.272 e. The number of nitrogens with one attached hydrogen (secondary N) is 3. The van der Waals surface area contributed by atoms with Gasteiger partial charge in [0.2, 0.25) is 11.8 Å². The van der Waals surface area contributed by atoms with Crippen LogP contribution in [0.3, 0.4) is 0 Å². The van der Waals surface area contributed by atoms with Crippen LogP contribution in [-0.2, 0) is 20.9 Å². The molecule has 2 aliphatic rings. The second-order valence-electron chi connectivity index (χ2n) is 12.9. The molecule has 0 bridgehead atoms. The number of piperidine rings is 1. The number of imide groups is 2. The van der Waals surface area contributed by atoms with E-state index in [0.717, 1.165) is 59.9 Å². The number of fused-ring (bicyclic) bond motifs is 2. The molecule has 4 aromatic rings. The highest BCUT2D eigenvalue weighted by atomic mass is 35.5. The molecular weight excluding hydrogens is 723 g/mol. The third-order valence-corrected chi connectivity index (χ3v) is 9.80. The zero-order chi connectivity index (χ0) is 37.5. The Labute approximate surface area is 315 Å². The number of carbonyl (C=O) groups excluding carboxylic acids is 6. The second-order valence-corrected chi connectivity index (χ2v) is 13.7. The summed E-state index contributed by atoms with van der Waals surface area (Å²) < 4.78 is 7.40. The van der Waals surface area contributed by atoms with E-state index in [1.54, 1.807) is 16.8 Å². The van der Waals surface area contributed by atoms with Crippen LogP contribution in [0.15, 0.2) is 60.7 Å². The number of rotatable bonds is 16. The monoisotopic (exact) mass is 760 g/mol. The minimum absolute atomic E-state index is 0.00479. The minimum atomic E-state index is -1.09. The van der Waals surface area contributed by atoms with Crippen LogP contribution >= 0.6 is 23.2 Å². The van der Waals surface area contributed by atoms with Crippen molar-refractivity contribution in [1.29, 1.82) is 0 Å². The Hall–Kier alpha value is -5.27. The van der Waals surface area contributed by atoms with Crippen molar-refractivity contribution in [1.82, 2.24) is 30.6 Å². The van der Waals surface area contributed by atoms with Gasteiger partial charge in [0.15, 0.2) is 12.3 Å². The van der Waals surface area contributed by atoms with Crippen LogP contribution in [0, 0.1) is 0 Å². The first kappa shape index (κ1) is 37.5. The summed E-state index contributed by atoms with van der Waals surface area (Å²) in [6.45, 7) is 1.03. The van der Waals surface area contributed by atoms with Crippen molar-refractivity contribution in [3.8, 4) is 5.75 Å². The third kappa shape index (κ3) is 8.69. The van der Waals surface area contributed by atoms with Gasteiger partial charge in [0.05, 0.1) is 23.2 Å². The van der Waals surface area contributed by atoms with Gasteiger partial charge in [0, 0.05) is 34.9 Å². The topological polar surface area (TPSA) is 169 Å². The molecule has 6 amide bonds. The van der Waals surface area contributed by atoms with Gasteiger partial charge in [-0.3, -0.25) is 43.7 Å². The SMILES string of the molecule is O=C(COc1cccc2c1C(=O)N(C1CCC(=O)NC1=O)C2=O)NCCCCCCCCNC(=O)c1nn(Cc2ccc(Cl)cc2Cl)c2ccccc12. The summed E-state index contributed by atoms with van der Waals surface area (Å²) in [5.41, 5.74) is 2.12. The minimum Gasteiger partial charge on any atom is -0.483 e. The van der Waals surface area contributed by atoms with Crippen molar-refractivity contribution in [2.24, 2.45) is 0 Å². The summed E-state index contributed by atoms with van der Waals surface area (Å²) in [4.78, 5) is 76.4. The first-order valence-electron chi connectivity index (χ1n) is 17.5. The average molecular weight is 762 g/mol. The van der Waals surface area contributed by atoms with Crippen molar-refractivity contribution >= 4 is 69.5 Å². The van der Waals surface area contributed by atoms with Crippen LogP contribution in [0.1, 0.15) is 88.1 Å². The molecule has 1 unspecified atom stereocenters. The molecule has 1 fully saturated rings. The molecule has 3 aromatic carbocycles. The summed E-state index contributed by atoms with van der Waals surface area (Å²) in [5.74, 6) is -3.02. The molecule has 1 aromatic heterocycles. The molecule has 13 nitrogen and oxygen atoms in total. The Balaban J connectivity index is 0.863. The maximum absolute atomic E-state index is 13.2. The van der Waals surface area contributed by atoms with E-state index in [-0.39, 0.29) is 48.1 Å². The molecule has 6 rings (SSSR count). The lowest BCUT2D eigenvalue weighted by molar-refractivity contribution is -0.136. The summed E-state index contributed by atoms with van der Waals surface area (Å²) in [6, 6.07) is 16.3. The van der Waals surface area contributed by atoms with Crippen LogP contribution in [0.2, 0.25) is 10.0 Å². The molecule has 0 spiro atoms. The second kappa shape index (κ2) is 17.0. The standard InChI is InChI=1S/C38H38Cl2N6O7/c39-24-15-14-23(27(40)20-24)21-45-28-12-6-5-10-25(28)34(44-45)36(50)42-19-8-4-2-1-3-7-18-41-32(48)22-53-30-13-9-11-26-33(30)38(52)46(37(26)51)29-16-17-31(47)43-35(29)49/h5-6,9-15,20,29H,1-4,7-8,16-19,21-22H2,(H,41,48)(H,42,50)(H,43,47,49). The maximum atomic E-state index is 13.2. The van der Waals surface area contributed by atoms with Gasteiger partial charge in [0.25, 0.3) is 23.6 Å². The Morgan fingerprint density at radius 1 is 0.868 bits per heavy atom. The molecule has 3 N–H and O–H groups in total. The van der Waals surface area contributed by atoms with Gasteiger partial charge in [-0.1, -0.05) is 79.2 Å². The van der Waals surface area contributed by atoms with E-state index in [2.05, 4.69) is 21.0 Å². The quantitative estimate of drug-likeness (QED) is 0.105. The summed E-state index contributed by atoms with van der Waals surface area (Å²) in [7, 11) is 0.